The minimum Gasteiger partial charge on any atom is -0.324 e. The summed E-state index contributed by atoms with van der Waals surface area (Å²) in [4.78, 5) is 18.2. The maximum Gasteiger partial charge on any atom is 0.388 e. The highest BCUT2D eigenvalue weighted by Gasteiger charge is 2.52. The van der Waals surface area contributed by atoms with Crippen molar-refractivity contribution in [3.63, 3.8) is 0 Å². The van der Waals surface area contributed by atoms with Gasteiger partial charge in [-0.05, 0) is 17.5 Å². The number of carbonyl (C=O) groups is 1. The van der Waals surface area contributed by atoms with E-state index in [-0.39, 0.29) is 17.9 Å². The molecule has 0 spiro atoms. The lowest BCUT2D eigenvalue weighted by Crippen LogP contribution is -2.58. The molecule has 0 radical (unpaired) electrons. The molecule has 2 atom stereocenters. The first-order valence-corrected chi connectivity index (χ1v) is 8.97. The molecule has 2 aromatic heterocycles. The molecule has 3 heterocycles. The van der Waals surface area contributed by atoms with E-state index >= 15 is 0 Å². The summed E-state index contributed by atoms with van der Waals surface area (Å²) in [6.07, 6.45) is 3.66. The number of hydrogen-bond donors (Lipinski definition) is 1. The molecule has 1 aromatic carbocycles. The molecule has 124 valence electrons. The molecule has 0 saturated heterocycles. The van der Waals surface area contributed by atoms with Crippen LogP contribution in [-0.2, 0) is 6.54 Å². The van der Waals surface area contributed by atoms with Gasteiger partial charge in [0.1, 0.15) is 11.4 Å². The first kappa shape index (κ1) is 15.5. The molecule has 6 heteroatoms. The molecule has 0 aliphatic carbocycles. The van der Waals surface area contributed by atoms with Crippen molar-refractivity contribution in [1.82, 2.24) is 9.55 Å². The number of aromatic nitrogens is 2. The van der Waals surface area contributed by atoms with E-state index < -0.39 is 4.65 Å². The number of quaternary nitrogens is 1. The minimum absolute atomic E-state index is 0.0924. The summed E-state index contributed by atoms with van der Waals surface area (Å²) in [6.45, 7) is 5.00. The summed E-state index contributed by atoms with van der Waals surface area (Å²) >= 11 is 1.44. The highest BCUT2D eigenvalue weighted by molar-refractivity contribution is 7.20. The van der Waals surface area contributed by atoms with Crippen molar-refractivity contribution in [2.24, 2.45) is 5.92 Å². The summed E-state index contributed by atoms with van der Waals surface area (Å²) in [5, 5.41) is 12.4. The number of hydroxylamine groups is 3. The smallest absolute Gasteiger partial charge is 0.324 e. The topological polar surface area (TPSA) is 55.1 Å². The second kappa shape index (κ2) is 5.51. The second-order valence-corrected chi connectivity index (χ2v) is 7.76. The van der Waals surface area contributed by atoms with Gasteiger partial charge in [0.05, 0.1) is 6.54 Å². The molecular weight excluding hydrogens is 322 g/mol. The molecule has 5 nitrogen and oxygen atoms in total. The Kier molecular flexibility index (Phi) is 3.56. The van der Waals surface area contributed by atoms with Crippen LogP contribution in [0.5, 0.6) is 0 Å². The Morgan fingerprint density at radius 3 is 2.96 bits per heavy atom. The number of fused-ring (bicyclic) bond motifs is 2. The van der Waals surface area contributed by atoms with Gasteiger partial charge in [-0.2, -0.15) is 0 Å². The summed E-state index contributed by atoms with van der Waals surface area (Å²) in [6, 6.07) is 9.45. The molecule has 4 rings (SSSR count). The lowest BCUT2D eigenvalue weighted by Gasteiger charge is -2.39. The standard InChI is InChI=1S/C18H20N3O2S/c1-12(2)16-17-19-7-8-20(17)9-10-21(16,23)18(22)15-11-13-5-3-4-6-14(13)24-15/h3-8,11-12,16,23H,9-10H2,1-2H3/q+1. The molecule has 24 heavy (non-hydrogen) atoms. The number of nitrogens with zero attached hydrogens (tertiary/aromatic N) is 3. The van der Waals surface area contributed by atoms with Gasteiger partial charge in [0.2, 0.25) is 0 Å². The van der Waals surface area contributed by atoms with Crippen molar-refractivity contribution >= 4 is 27.3 Å². The fourth-order valence-electron chi connectivity index (χ4n) is 3.66. The molecule has 0 fully saturated rings. The van der Waals surface area contributed by atoms with E-state index in [0.29, 0.717) is 18.0 Å². The highest BCUT2D eigenvalue weighted by atomic mass is 32.1. The van der Waals surface area contributed by atoms with E-state index in [9.17, 15) is 10.0 Å². The summed E-state index contributed by atoms with van der Waals surface area (Å²) in [7, 11) is 0. The van der Waals surface area contributed by atoms with Gasteiger partial charge in [-0.15, -0.1) is 16.0 Å². The lowest BCUT2D eigenvalue weighted by molar-refractivity contribution is -1.07. The van der Waals surface area contributed by atoms with E-state index in [2.05, 4.69) is 4.98 Å². The van der Waals surface area contributed by atoms with Gasteiger partial charge in [0.15, 0.2) is 11.9 Å². The fourth-order valence-corrected chi connectivity index (χ4v) is 4.72. The number of thiophene rings is 1. The molecule has 0 saturated carbocycles. The Bertz CT molecular complexity index is 881. The van der Waals surface area contributed by atoms with E-state index in [0.717, 1.165) is 15.9 Å². The zero-order valence-electron chi connectivity index (χ0n) is 13.7. The van der Waals surface area contributed by atoms with E-state index in [1.54, 1.807) is 6.20 Å². The number of benzene rings is 1. The largest absolute Gasteiger partial charge is 0.388 e. The Morgan fingerprint density at radius 2 is 2.21 bits per heavy atom. The van der Waals surface area contributed by atoms with Crippen molar-refractivity contribution in [2.45, 2.75) is 26.4 Å². The van der Waals surface area contributed by atoms with Gasteiger partial charge in [-0.3, -0.25) is 0 Å². The summed E-state index contributed by atoms with van der Waals surface area (Å²) in [5.74, 6) is 0.645. The van der Waals surface area contributed by atoms with Gasteiger partial charge in [0.25, 0.3) is 0 Å². The molecule has 2 unspecified atom stereocenters. The SMILES string of the molecule is CC(C)C1c2nccn2CC[N+]1(O)C(=O)c1cc2ccccc2s1. The van der Waals surface area contributed by atoms with E-state index in [1.165, 1.54) is 11.3 Å². The third-order valence-corrected chi connectivity index (χ3v) is 5.88. The normalized spacial score (nSPS) is 23.6. The first-order valence-electron chi connectivity index (χ1n) is 8.15. The average molecular weight is 342 g/mol. The van der Waals surface area contributed by atoms with Crippen LogP contribution in [-0.4, -0.2) is 31.9 Å². The van der Waals surface area contributed by atoms with Crippen LogP contribution >= 0.6 is 11.3 Å². The Morgan fingerprint density at radius 1 is 1.42 bits per heavy atom. The maximum absolute atomic E-state index is 13.2. The minimum atomic E-state index is -0.596. The molecule has 1 aliphatic heterocycles. The Balaban J connectivity index is 1.79. The van der Waals surface area contributed by atoms with Gasteiger partial charge in [-0.1, -0.05) is 32.0 Å². The monoisotopic (exact) mass is 342 g/mol. The Hall–Kier alpha value is -2.02. The summed E-state index contributed by atoms with van der Waals surface area (Å²) in [5.41, 5.74) is 0. The third-order valence-electron chi connectivity index (χ3n) is 4.77. The van der Waals surface area contributed by atoms with Gasteiger partial charge in [-0.25, -0.2) is 15.0 Å². The molecule has 3 aromatic rings. The fraction of sp³-hybridized carbons (Fsp3) is 0.333. The van der Waals surface area contributed by atoms with Crippen LogP contribution in [0.1, 0.15) is 35.4 Å². The van der Waals surface area contributed by atoms with Crippen LogP contribution in [0.3, 0.4) is 0 Å². The maximum atomic E-state index is 13.2. The number of rotatable bonds is 2. The zero-order valence-corrected chi connectivity index (χ0v) is 14.5. The predicted octanol–water partition coefficient (Wildman–Crippen LogP) is 3.85. The van der Waals surface area contributed by atoms with Gasteiger partial charge < -0.3 is 4.57 Å². The zero-order chi connectivity index (χ0) is 16.9. The van der Waals surface area contributed by atoms with E-state index in [4.69, 9.17) is 0 Å². The van der Waals surface area contributed by atoms with E-state index in [1.807, 2.05) is 54.9 Å². The quantitative estimate of drug-likeness (QED) is 0.568. The van der Waals surface area contributed by atoms with Crippen molar-refractivity contribution in [3.05, 3.63) is 53.4 Å². The molecule has 1 N–H and O–H groups in total. The van der Waals surface area contributed by atoms with Crippen molar-refractivity contribution in [3.8, 4) is 0 Å². The number of imidazole rings is 1. The molecule has 1 amide bonds. The van der Waals surface area contributed by atoms with Crippen molar-refractivity contribution in [1.29, 1.82) is 0 Å². The molecule has 1 aliphatic rings. The predicted molar refractivity (Wildman–Crippen MR) is 92.9 cm³/mol. The second-order valence-electron chi connectivity index (χ2n) is 6.67. The van der Waals surface area contributed by atoms with Gasteiger partial charge >= 0.3 is 5.91 Å². The van der Waals surface area contributed by atoms with Crippen LogP contribution in [0.15, 0.2) is 42.7 Å². The summed E-state index contributed by atoms with van der Waals surface area (Å²) < 4.78 is 2.50. The molecule has 0 bridgehead atoms. The van der Waals surface area contributed by atoms with Crippen LogP contribution in [0.25, 0.3) is 10.1 Å². The van der Waals surface area contributed by atoms with Crippen LogP contribution < -0.4 is 0 Å². The van der Waals surface area contributed by atoms with Crippen molar-refractivity contribution < 1.29 is 14.6 Å². The lowest BCUT2D eigenvalue weighted by atomic mass is 9.98. The Labute approximate surface area is 144 Å². The van der Waals surface area contributed by atoms with Crippen LogP contribution in [0.4, 0.5) is 0 Å². The number of hydrogen-bond acceptors (Lipinski definition) is 4. The van der Waals surface area contributed by atoms with Gasteiger partial charge in [0, 0.05) is 23.0 Å². The first-order chi connectivity index (χ1) is 11.5. The molecular formula is C18H20N3O2S+. The average Bonchev–Trinajstić information content (AvgIpc) is 3.19. The number of amides is 1. The number of carbonyl (C=O) groups excluding carboxylic acids is 1. The highest BCUT2D eigenvalue weighted by Crippen LogP contribution is 2.39. The van der Waals surface area contributed by atoms with Crippen LogP contribution in [0, 0.1) is 5.92 Å². The van der Waals surface area contributed by atoms with Crippen molar-refractivity contribution in [2.75, 3.05) is 6.54 Å². The van der Waals surface area contributed by atoms with Crippen LogP contribution in [0.2, 0.25) is 0 Å². The third kappa shape index (κ3) is 2.22.